The highest BCUT2D eigenvalue weighted by atomic mass is 16.6. The second kappa shape index (κ2) is 6.06. The summed E-state index contributed by atoms with van der Waals surface area (Å²) in [5.74, 6) is 1.24. The molecule has 6 heteroatoms. The van der Waals surface area contributed by atoms with E-state index < -0.39 is 11.7 Å². The molecule has 1 aromatic rings. The first-order chi connectivity index (χ1) is 8.67. The average Bonchev–Trinajstić information content (AvgIpc) is 2.61. The van der Waals surface area contributed by atoms with Crippen LogP contribution >= 0.6 is 0 Å². The SMILES string of the molecule is C[C@H](NC(=O)OC(C)(C)C)c1ncc(CN(C)C)o1. The molecular weight excluding hydrogens is 246 g/mol. The molecule has 0 saturated carbocycles. The van der Waals surface area contributed by atoms with Crippen LogP contribution in [0.5, 0.6) is 0 Å². The van der Waals surface area contributed by atoms with Crippen LogP contribution in [-0.4, -0.2) is 35.7 Å². The van der Waals surface area contributed by atoms with E-state index in [1.807, 2.05) is 39.8 Å². The fourth-order valence-corrected chi connectivity index (χ4v) is 1.45. The number of carbonyl (C=O) groups is 1. The molecular formula is C13H23N3O3. The first-order valence-electron chi connectivity index (χ1n) is 6.26. The number of hydrogen-bond acceptors (Lipinski definition) is 5. The summed E-state index contributed by atoms with van der Waals surface area (Å²) in [4.78, 5) is 17.8. The number of ether oxygens (including phenoxy) is 1. The molecule has 0 radical (unpaired) electrons. The summed E-state index contributed by atoms with van der Waals surface area (Å²) >= 11 is 0. The summed E-state index contributed by atoms with van der Waals surface area (Å²) in [6.45, 7) is 7.92. The third-order valence-electron chi connectivity index (χ3n) is 2.15. The van der Waals surface area contributed by atoms with Gasteiger partial charge in [0.25, 0.3) is 0 Å². The molecule has 108 valence electrons. The lowest BCUT2D eigenvalue weighted by atomic mass is 10.2. The summed E-state index contributed by atoms with van der Waals surface area (Å²) in [6, 6.07) is -0.328. The number of nitrogens with one attached hydrogen (secondary N) is 1. The van der Waals surface area contributed by atoms with Crippen molar-refractivity contribution in [1.82, 2.24) is 15.2 Å². The Balaban J connectivity index is 2.56. The van der Waals surface area contributed by atoms with Gasteiger partial charge in [-0.1, -0.05) is 0 Å². The van der Waals surface area contributed by atoms with E-state index in [4.69, 9.17) is 9.15 Å². The van der Waals surface area contributed by atoms with Gasteiger partial charge in [-0.2, -0.15) is 0 Å². The zero-order chi connectivity index (χ0) is 14.6. The highest BCUT2D eigenvalue weighted by Crippen LogP contribution is 2.15. The van der Waals surface area contributed by atoms with Crippen molar-refractivity contribution in [2.45, 2.75) is 45.9 Å². The third kappa shape index (κ3) is 5.74. The second-order valence-electron chi connectivity index (χ2n) is 5.77. The molecule has 0 aliphatic carbocycles. The van der Waals surface area contributed by atoms with Crippen molar-refractivity contribution in [2.24, 2.45) is 0 Å². The zero-order valence-electron chi connectivity index (χ0n) is 12.5. The van der Waals surface area contributed by atoms with Gasteiger partial charge in [0, 0.05) is 0 Å². The first-order valence-corrected chi connectivity index (χ1v) is 6.26. The van der Waals surface area contributed by atoms with Crippen LogP contribution in [0.2, 0.25) is 0 Å². The highest BCUT2D eigenvalue weighted by molar-refractivity contribution is 5.68. The maximum Gasteiger partial charge on any atom is 0.408 e. The molecule has 1 N–H and O–H groups in total. The molecule has 0 aromatic carbocycles. The lowest BCUT2D eigenvalue weighted by molar-refractivity contribution is 0.0500. The molecule has 6 nitrogen and oxygen atoms in total. The van der Waals surface area contributed by atoms with E-state index in [2.05, 4.69) is 10.3 Å². The number of alkyl carbamates (subject to hydrolysis) is 1. The Hall–Kier alpha value is -1.56. The van der Waals surface area contributed by atoms with E-state index in [0.29, 0.717) is 12.4 Å². The highest BCUT2D eigenvalue weighted by Gasteiger charge is 2.20. The number of hydrogen-bond donors (Lipinski definition) is 1. The smallest absolute Gasteiger partial charge is 0.408 e. The van der Waals surface area contributed by atoms with Crippen LogP contribution in [0.3, 0.4) is 0 Å². The van der Waals surface area contributed by atoms with Gasteiger partial charge in [-0.15, -0.1) is 0 Å². The third-order valence-corrected chi connectivity index (χ3v) is 2.15. The molecule has 0 aliphatic rings. The van der Waals surface area contributed by atoms with E-state index in [1.54, 1.807) is 13.1 Å². The number of carbonyl (C=O) groups excluding carboxylic acids is 1. The normalized spacial score (nSPS) is 13.4. The number of amides is 1. The molecule has 0 fully saturated rings. The molecule has 0 saturated heterocycles. The van der Waals surface area contributed by atoms with Crippen LogP contribution in [0, 0.1) is 0 Å². The largest absolute Gasteiger partial charge is 0.444 e. The van der Waals surface area contributed by atoms with E-state index in [-0.39, 0.29) is 6.04 Å². The fraction of sp³-hybridized carbons (Fsp3) is 0.692. The van der Waals surface area contributed by atoms with Gasteiger partial charge in [-0.3, -0.25) is 0 Å². The Morgan fingerprint density at radius 3 is 2.68 bits per heavy atom. The van der Waals surface area contributed by atoms with Gasteiger partial charge in [0.15, 0.2) is 0 Å². The Bertz CT molecular complexity index is 421. The van der Waals surface area contributed by atoms with E-state index in [1.165, 1.54) is 0 Å². The van der Waals surface area contributed by atoms with Gasteiger partial charge in [-0.25, -0.2) is 9.78 Å². The van der Waals surface area contributed by atoms with Gasteiger partial charge in [0.05, 0.1) is 12.7 Å². The van der Waals surface area contributed by atoms with Crippen molar-refractivity contribution in [2.75, 3.05) is 14.1 Å². The molecule has 1 aromatic heterocycles. The summed E-state index contributed by atoms with van der Waals surface area (Å²) in [5, 5.41) is 2.69. The molecule has 19 heavy (non-hydrogen) atoms. The number of rotatable bonds is 4. The van der Waals surface area contributed by atoms with Gasteiger partial charge < -0.3 is 19.4 Å². The van der Waals surface area contributed by atoms with Crippen molar-refractivity contribution in [3.8, 4) is 0 Å². The Labute approximate surface area is 114 Å². The van der Waals surface area contributed by atoms with Crippen molar-refractivity contribution in [1.29, 1.82) is 0 Å². The lowest BCUT2D eigenvalue weighted by Crippen LogP contribution is -2.34. The molecule has 0 spiro atoms. The maximum atomic E-state index is 11.6. The van der Waals surface area contributed by atoms with Crippen LogP contribution in [0.15, 0.2) is 10.6 Å². The maximum absolute atomic E-state index is 11.6. The summed E-state index contributed by atoms with van der Waals surface area (Å²) in [7, 11) is 3.90. The monoisotopic (exact) mass is 269 g/mol. The molecule has 1 rings (SSSR count). The molecule has 0 unspecified atom stereocenters. The molecule has 1 atom stereocenters. The minimum Gasteiger partial charge on any atom is -0.444 e. The number of nitrogens with zero attached hydrogens (tertiary/aromatic N) is 2. The Kier molecular flexibility index (Phi) is 4.94. The van der Waals surface area contributed by atoms with E-state index in [9.17, 15) is 4.79 Å². The van der Waals surface area contributed by atoms with Crippen LogP contribution < -0.4 is 5.32 Å². The summed E-state index contributed by atoms with van der Waals surface area (Å²) < 4.78 is 10.7. The standard InChI is InChI=1S/C13H23N3O3/c1-9(15-12(17)19-13(2,3)4)11-14-7-10(18-11)8-16(5)6/h7,9H,8H2,1-6H3,(H,15,17)/t9-/m0/s1. The van der Waals surface area contributed by atoms with Crippen LogP contribution in [-0.2, 0) is 11.3 Å². The lowest BCUT2D eigenvalue weighted by Gasteiger charge is -2.21. The van der Waals surface area contributed by atoms with E-state index in [0.717, 1.165) is 5.76 Å². The van der Waals surface area contributed by atoms with Gasteiger partial charge in [0.2, 0.25) is 5.89 Å². The summed E-state index contributed by atoms with van der Waals surface area (Å²) in [5.41, 5.74) is -0.517. The molecule has 1 amide bonds. The quantitative estimate of drug-likeness (QED) is 0.908. The van der Waals surface area contributed by atoms with Gasteiger partial charge in [-0.05, 0) is 41.8 Å². The minimum atomic E-state index is -0.517. The van der Waals surface area contributed by atoms with Crippen LogP contribution in [0.25, 0.3) is 0 Å². The first kappa shape index (κ1) is 15.5. The van der Waals surface area contributed by atoms with Crippen molar-refractivity contribution in [3.05, 3.63) is 17.8 Å². The van der Waals surface area contributed by atoms with Crippen molar-refractivity contribution < 1.29 is 13.9 Å². The Morgan fingerprint density at radius 2 is 2.16 bits per heavy atom. The number of aromatic nitrogens is 1. The molecule has 1 heterocycles. The topological polar surface area (TPSA) is 67.6 Å². The van der Waals surface area contributed by atoms with Crippen molar-refractivity contribution >= 4 is 6.09 Å². The molecule has 0 bridgehead atoms. The number of oxazole rings is 1. The van der Waals surface area contributed by atoms with Gasteiger partial charge in [0.1, 0.15) is 17.4 Å². The Morgan fingerprint density at radius 1 is 1.53 bits per heavy atom. The second-order valence-corrected chi connectivity index (χ2v) is 5.77. The van der Waals surface area contributed by atoms with Crippen LogP contribution in [0.1, 0.15) is 45.4 Å². The predicted octanol–water partition coefficient (Wildman–Crippen LogP) is 2.32. The summed E-state index contributed by atoms with van der Waals surface area (Å²) in [6.07, 6.45) is 1.19. The minimum absolute atomic E-state index is 0.328. The van der Waals surface area contributed by atoms with Gasteiger partial charge >= 0.3 is 6.09 Å². The fourth-order valence-electron chi connectivity index (χ4n) is 1.45. The molecule has 0 aliphatic heterocycles. The zero-order valence-corrected chi connectivity index (χ0v) is 12.5. The predicted molar refractivity (Wildman–Crippen MR) is 71.7 cm³/mol. The van der Waals surface area contributed by atoms with Crippen LogP contribution in [0.4, 0.5) is 4.79 Å². The van der Waals surface area contributed by atoms with E-state index >= 15 is 0 Å². The van der Waals surface area contributed by atoms with Crippen molar-refractivity contribution in [3.63, 3.8) is 0 Å². The average molecular weight is 269 g/mol.